The third-order valence-corrected chi connectivity index (χ3v) is 14.6. The molecule has 0 amide bonds. The maximum absolute atomic E-state index is 13.0. The lowest BCUT2D eigenvalue weighted by molar-refractivity contribution is -0.103. The van der Waals surface area contributed by atoms with Gasteiger partial charge < -0.3 is 10.2 Å². The van der Waals surface area contributed by atoms with Crippen LogP contribution in [0.25, 0.3) is 0 Å². The molecule has 9 rings (SSSR count). The van der Waals surface area contributed by atoms with Crippen molar-refractivity contribution in [3.05, 3.63) is 172 Å². The maximum Gasteiger partial charge on any atom is 0.124 e. The van der Waals surface area contributed by atoms with E-state index in [0.717, 1.165) is 43.2 Å². The number of aromatic hydroxyl groups is 1. The van der Waals surface area contributed by atoms with Crippen LogP contribution in [0.3, 0.4) is 0 Å². The smallest absolute Gasteiger partial charge is 0.124 e. The van der Waals surface area contributed by atoms with Crippen molar-refractivity contribution in [2.45, 2.75) is 88.6 Å². The molecule has 0 bridgehead atoms. The van der Waals surface area contributed by atoms with E-state index < -0.39 is 0 Å². The molecule has 2 nitrogen and oxygen atoms in total. The van der Waals surface area contributed by atoms with Crippen molar-refractivity contribution >= 4 is 0 Å². The summed E-state index contributed by atoms with van der Waals surface area (Å²) in [6, 6.07) is 45.7. The Bertz CT molecular complexity index is 1910. The Morgan fingerprint density at radius 3 is 1.62 bits per heavy atom. The van der Waals surface area contributed by atoms with E-state index in [0.29, 0.717) is 17.6 Å². The largest absolute Gasteiger partial charge is 0.507 e. The zero-order chi connectivity index (χ0) is 34.1. The Hall–Kier alpha value is -4.14. The molecule has 0 aromatic heterocycles. The van der Waals surface area contributed by atoms with Gasteiger partial charge in [0.05, 0.1) is 6.10 Å². The van der Waals surface area contributed by atoms with Crippen LogP contribution < -0.4 is 0 Å². The minimum absolute atomic E-state index is 0.0376. The normalized spacial score (nSPS) is 29.7. The molecule has 0 heterocycles. The molecule has 2 heteroatoms. The lowest BCUT2D eigenvalue weighted by Crippen LogP contribution is -2.56. The summed E-state index contributed by atoms with van der Waals surface area (Å²) in [7, 11) is 0. The quantitative estimate of drug-likeness (QED) is 0.178. The third kappa shape index (κ3) is 4.56. The van der Waals surface area contributed by atoms with Gasteiger partial charge in [0.15, 0.2) is 0 Å². The molecule has 5 aromatic carbocycles. The molecule has 50 heavy (non-hydrogen) atoms. The fourth-order valence-corrected chi connectivity index (χ4v) is 12.3. The van der Waals surface area contributed by atoms with E-state index >= 15 is 0 Å². The van der Waals surface area contributed by atoms with Crippen LogP contribution in [0.1, 0.15) is 115 Å². The van der Waals surface area contributed by atoms with Gasteiger partial charge in [0.25, 0.3) is 0 Å². The standard InChI is InChI=1S/C48H50O2/c1-46-27-25-39-38-24-23-36-40(47(38,2)29-30-48(39,46)41(49)26-28-46)31-37(42(32-15-7-3-8-16-32)33-17-9-4-10-18-33)45(50)44(36)43(34-19-11-5-12-20-34)35-21-13-6-14-22-35/h3-22,31,38-39,41-43,49-50H,23-30H2,1-2H3/t38?,39?,41?,46-,47-,48+/m0/s1. The summed E-state index contributed by atoms with van der Waals surface area (Å²) in [5, 5.41) is 24.8. The predicted octanol–water partition coefficient (Wildman–Crippen LogP) is 10.9. The molecular formula is C48H50O2. The van der Waals surface area contributed by atoms with Crippen LogP contribution in [0.4, 0.5) is 0 Å². The second-order valence-corrected chi connectivity index (χ2v) is 16.6. The van der Waals surface area contributed by atoms with Crippen LogP contribution in [0.2, 0.25) is 0 Å². The van der Waals surface area contributed by atoms with Gasteiger partial charge >= 0.3 is 0 Å². The Balaban J connectivity index is 1.32. The highest BCUT2D eigenvalue weighted by Gasteiger charge is 2.69. The lowest BCUT2D eigenvalue weighted by Gasteiger charge is -2.59. The number of aliphatic hydroxyl groups is 1. The molecule has 254 valence electrons. The summed E-state index contributed by atoms with van der Waals surface area (Å²) in [5.74, 6) is 1.28. The van der Waals surface area contributed by atoms with Crippen molar-refractivity contribution in [2.24, 2.45) is 22.7 Å². The van der Waals surface area contributed by atoms with E-state index in [1.165, 1.54) is 52.6 Å². The van der Waals surface area contributed by atoms with Gasteiger partial charge in [-0.3, -0.25) is 0 Å². The molecule has 1 spiro atoms. The highest BCUT2D eigenvalue weighted by molar-refractivity contribution is 5.63. The zero-order valence-corrected chi connectivity index (χ0v) is 29.6. The number of benzene rings is 5. The molecule has 5 aromatic rings. The van der Waals surface area contributed by atoms with Crippen LogP contribution in [0.5, 0.6) is 5.75 Å². The summed E-state index contributed by atoms with van der Waals surface area (Å²) >= 11 is 0. The minimum Gasteiger partial charge on any atom is -0.507 e. The Kier molecular flexibility index (Phi) is 7.63. The topological polar surface area (TPSA) is 40.5 Å². The third-order valence-electron chi connectivity index (χ3n) is 14.6. The van der Waals surface area contributed by atoms with Gasteiger partial charge in [-0.1, -0.05) is 141 Å². The molecule has 0 aliphatic heterocycles. The number of phenolic OH excluding ortho intramolecular Hbond substituents is 1. The highest BCUT2D eigenvalue weighted by Crippen LogP contribution is 2.74. The first-order valence-electron chi connectivity index (χ1n) is 19.1. The number of hydrogen-bond donors (Lipinski definition) is 2. The zero-order valence-electron chi connectivity index (χ0n) is 29.6. The van der Waals surface area contributed by atoms with Gasteiger partial charge in [0, 0.05) is 28.4 Å². The molecule has 0 radical (unpaired) electrons. The fourth-order valence-electron chi connectivity index (χ4n) is 12.3. The van der Waals surface area contributed by atoms with Crippen LogP contribution in [-0.4, -0.2) is 16.3 Å². The van der Waals surface area contributed by atoms with Crippen molar-refractivity contribution in [1.82, 2.24) is 0 Å². The molecule has 4 aliphatic rings. The van der Waals surface area contributed by atoms with Crippen LogP contribution in [0, 0.1) is 22.7 Å². The summed E-state index contributed by atoms with van der Waals surface area (Å²) in [6.45, 7) is 5.07. The molecule has 4 aliphatic carbocycles. The van der Waals surface area contributed by atoms with Crippen molar-refractivity contribution in [1.29, 1.82) is 0 Å². The van der Waals surface area contributed by atoms with Crippen molar-refractivity contribution in [2.75, 3.05) is 0 Å². The minimum atomic E-state index is -0.182. The number of fused-ring (bicyclic) bond motifs is 4. The number of phenols is 1. The molecule has 6 atom stereocenters. The maximum atomic E-state index is 13.0. The predicted molar refractivity (Wildman–Crippen MR) is 203 cm³/mol. The average Bonchev–Trinajstić information content (AvgIpc) is 3.60. The molecule has 3 fully saturated rings. The van der Waals surface area contributed by atoms with Gasteiger partial charge in [-0.05, 0) is 107 Å². The average molecular weight is 659 g/mol. The lowest BCUT2D eigenvalue weighted by atomic mass is 9.45. The fraction of sp³-hybridized carbons (Fsp3) is 0.375. The summed E-state index contributed by atoms with van der Waals surface area (Å²) in [4.78, 5) is 0. The van der Waals surface area contributed by atoms with Crippen LogP contribution in [0.15, 0.2) is 127 Å². The van der Waals surface area contributed by atoms with Gasteiger partial charge in [0.1, 0.15) is 5.75 Å². The van der Waals surface area contributed by atoms with Crippen molar-refractivity contribution in [3.63, 3.8) is 0 Å². The molecular weight excluding hydrogens is 609 g/mol. The summed E-state index contributed by atoms with van der Waals surface area (Å²) in [6.07, 6.45) is 8.66. The van der Waals surface area contributed by atoms with E-state index in [9.17, 15) is 10.2 Å². The number of aliphatic hydroxyl groups excluding tert-OH is 1. The second-order valence-electron chi connectivity index (χ2n) is 16.6. The number of hydrogen-bond acceptors (Lipinski definition) is 2. The summed E-state index contributed by atoms with van der Waals surface area (Å²) < 4.78 is 0. The van der Waals surface area contributed by atoms with Gasteiger partial charge in [-0.2, -0.15) is 0 Å². The molecule has 3 unspecified atom stereocenters. The van der Waals surface area contributed by atoms with Crippen LogP contribution in [-0.2, 0) is 11.8 Å². The van der Waals surface area contributed by atoms with Gasteiger partial charge in [-0.25, -0.2) is 0 Å². The Morgan fingerprint density at radius 2 is 1.08 bits per heavy atom. The SMILES string of the molecule is C[C@]12CCC(O)[C@]13CC[C@]1(C)c4cc(C(c5ccccc5)c5ccccc5)c(O)c(C(c5ccccc5)c5ccccc5)c4CCC1C3CC2. The van der Waals surface area contributed by atoms with Gasteiger partial charge in [0.2, 0.25) is 0 Å². The first-order chi connectivity index (χ1) is 24.4. The molecule has 0 saturated heterocycles. The molecule has 3 saturated carbocycles. The van der Waals surface area contributed by atoms with Crippen molar-refractivity contribution in [3.8, 4) is 5.75 Å². The Morgan fingerprint density at radius 1 is 0.580 bits per heavy atom. The van der Waals surface area contributed by atoms with Gasteiger partial charge in [-0.15, -0.1) is 0 Å². The molecule has 2 N–H and O–H groups in total. The van der Waals surface area contributed by atoms with Crippen LogP contribution >= 0.6 is 0 Å². The first kappa shape index (κ1) is 31.8. The van der Waals surface area contributed by atoms with E-state index in [1.54, 1.807) is 0 Å². The highest BCUT2D eigenvalue weighted by atomic mass is 16.3. The van der Waals surface area contributed by atoms with Crippen molar-refractivity contribution < 1.29 is 10.2 Å². The Labute approximate surface area is 298 Å². The first-order valence-corrected chi connectivity index (χ1v) is 19.1. The van der Waals surface area contributed by atoms with E-state index in [4.69, 9.17) is 0 Å². The van der Waals surface area contributed by atoms with E-state index in [2.05, 4.69) is 141 Å². The second kappa shape index (κ2) is 12.0. The van der Waals surface area contributed by atoms with E-state index in [1.807, 2.05) is 0 Å². The summed E-state index contributed by atoms with van der Waals surface area (Å²) in [5.41, 5.74) is 9.95. The number of rotatable bonds is 6. The monoisotopic (exact) mass is 658 g/mol. The van der Waals surface area contributed by atoms with E-state index in [-0.39, 0.29) is 34.2 Å².